The second-order valence-corrected chi connectivity index (χ2v) is 3.97. The van der Waals surface area contributed by atoms with Gasteiger partial charge in [0.2, 0.25) is 0 Å². The van der Waals surface area contributed by atoms with Crippen LogP contribution in [0.2, 0.25) is 0 Å². The van der Waals surface area contributed by atoms with E-state index in [2.05, 4.69) is 0 Å². The summed E-state index contributed by atoms with van der Waals surface area (Å²) in [6, 6.07) is 4.96. The Bertz CT molecular complexity index is 397. The van der Waals surface area contributed by atoms with Crippen LogP contribution in [0, 0.1) is 6.92 Å². The average molecular weight is 216 g/mol. The minimum Gasteiger partial charge on any atom is -0.376 e. The van der Waals surface area contributed by atoms with Crippen molar-refractivity contribution >= 4 is 0 Å². The number of hydrogen-bond donors (Lipinski definition) is 1. The molecule has 1 aliphatic carbocycles. The van der Waals surface area contributed by atoms with Crippen LogP contribution in [0.15, 0.2) is 18.2 Å². The van der Waals surface area contributed by atoms with E-state index in [-0.39, 0.29) is 18.4 Å². The molecule has 0 aromatic heterocycles. The van der Waals surface area contributed by atoms with Gasteiger partial charge in [-0.1, -0.05) is 18.2 Å². The zero-order valence-corrected chi connectivity index (χ0v) is 8.23. The molecule has 0 amide bonds. The molecule has 0 fully saturated rings. The molecule has 1 nitrogen and oxygen atoms in total. The van der Waals surface area contributed by atoms with Gasteiger partial charge in [0, 0.05) is 0 Å². The van der Waals surface area contributed by atoms with Gasteiger partial charge in [-0.25, -0.2) is 0 Å². The molecule has 0 heterocycles. The first-order valence-electron chi connectivity index (χ1n) is 4.74. The van der Waals surface area contributed by atoms with Crippen LogP contribution in [0.1, 0.15) is 23.1 Å². The van der Waals surface area contributed by atoms with E-state index < -0.39 is 11.8 Å². The summed E-state index contributed by atoms with van der Waals surface area (Å²) in [5.74, 6) is 0. The quantitative estimate of drug-likeness (QED) is 0.706. The van der Waals surface area contributed by atoms with Crippen LogP contribution >= 0.6 is 0 Å². The highest BCUT2D eigenvalue weighted by atomic mass is 19.4. The fourth-order valence-electron chi connectivity index (χ4n) is 2.25. The molecule has 0 saturated heterocycles. The fourth-order valence-corrected chi connectivity index (χ4v) is 2.25. The van der Waals surface area contributed by atoms with E-state index in [0.717, 1.165) is 0 Å². The highest BCUT2D eigenvalue weighted by molar-refractivity contribution is 5.43. The number of benzene rings is 1. The van der Waals surface area contributed by atoms with Gasteiger partial charge in [-0.15, -0.1) is 0 Å². The lowest BCUT2D eigenvalue weighted by molar-refractivity contribution is -0.265. The number of hydrogen-bond acceptors (Lipinski definition) is 1. The van der Waals surface area contributed by atoms with Crippen molar-refractivity contribution in [2.45, 2.75) is 31.5 Å². The molecule has 1 aliphatic rings. The Hall–Kier alpha value is -1.03. The lowest BCUT2D eigenvalue weighted by Crippen LogP contribution is -2.40. The molecule has 1 N–H and O–H groups in total. The van der Waals surface area contributed by atoms with Gasteiger partial charge in [0.25, 0.3) is 0 Å². The molecule has 1 atom stereocenters. The van der Waals surface area contributed by atoms with Crippen LogP contribution in [0.25, 0.3) is 0 Å². The van der Waals surface area contributed by atoms with Crippen molar-refractivity contribution in [3.8, 4) is 0 Å². The standard InChI is InChI=1S/C11H11F3O/c1-7-3-2-4-8-5-6-10(15,9(7)8)11(12,13)14/h2-4,15H,5-6H2,1H3. The molecule has 15 heavy (non-hydrogen) atoms. The fraction of sp³-hybridized carbons (Fsp3) is 0.455. The summed E-state index contributed by atoms with van der Waals surface area (Å²) in [6.45, 7) is 1.60. The summed E-state index contributed by atoms with van der Waals surface area (Å²) in [4.78, 5) is 0. The summed E-state index contributed by atoms with van der Waals surface area (Å²) in [5, 5.41) is 9.74. The maximum atomic E-state index is 12.8. The molecule has 0 aliphatic heterocycles. The molecular formula is C11H11F3O. The summed E-state index contributed by atoms with van der Waals surface area (Å²) < 4.78 is 38.3. The second kappa shape index (κ2) is 2.98. The van der Waals surface area contributed by atoms with Crippen LogP contribution in [0.3, 0.4) is 0 Å². The maximum absolute atomic E-state index is 12.8. The van der Waals surface area contributed by atoms with Crippen molar-refractivity contribution in [1.29, 1.82) is 0 Å². The van der Waals surface area contributed by atoms with Crippen LogP contribution in [0.4, 0.5) is 13.2 Å². The molecule has 82 valence electrons. The molecule has 1 aromatic rings. The van der Waals surface area contributed by atoms with E-state index in [0.29, 0.717) is 11.1 Å². The molecular weight excluding hydrogens is 205 g/mol. The molecule has 0 bridgehead atoms. The molecule has 1 unspecified atom stereocenters. The highest BCUT2D eigenvalue weighted by Crippen LogP contribution is 2.48. The number of halogens is 3. The van der Waals surface area contributed by atoms with Crippen molar-refractivity contribution in [3.63, 3.8) is 0 Å². The SMILES string of the molecule is Cc1cccc2c1C(O)(C(F)(F)F)CC2. The Balaban J connectivity index is 2.62. The van der Waals surface area contributed by atoms with Gasteiger partial charge >= 0.3 is 6.18 Å². The zero-order chi connectivity index (χ0) is 11.3. The number of aryl methyl sites for hydroxylation is 2. The van der Waals surface area contributed by atoms with Crippen LogP contribution in [-0.2, 0) is 12.0 Å². The summed E-state index contributed by atoms with van der Waals surface area (Å²) in [5.41, 5.74) is -1.48. The van der Waals surface area contributed by atoms with Crippen molar-refractivity contribution in [2.24, 2.45) is 0 Å². The highest BCUT2D eigenvalue weighted by Gasteiger charge is 2.58. The first kappa shape index (κ1) is 10.5. The molecule has 4 heteroatoms. The number of rotatable bonds is 0. The molecule has 0 spiro atoms. The Morgan fingerprint density at radius 2 is 2.00 bits per heavy atom. The predicted molar refractivity (Wildman–Crippen MR) is 49.5 cm³/mol. The molecule has 0 saturated carbocycles. The van der Waals surface area contributed by atoms with Crippen LogP contribution in [-0.4, -0.2) is 11.3 Å². The van der Waals surface area contributed by atoms with E-state index in [4.69, 9.17) is 0 Å². The Morgan fingerprint density at radius 1 is 1.33 bits per heavy atom. The Morgan fingerprint density at radius 3 is 2.60 bits per heavy atom. The third kappa shape index (κ3) is 1.35. The first-order chi connectivity index (χ1) is 6.86. The van der Waals surface area contributed by atoms with Gasteiger partial charge in [-0.05, 0) is 36.5 Å². The number of aliphatic hydroxyl groups is 1. The van der Waals surface area contributed by atoms with Gasteiger partial charge in [0.05, 0.1) is 0 Å². The maximum Gasteiger partial charge on any atom is 0.421 e. The third-order valence-corrected chi connectivity index (χ3v) is 3.00. The molecule has 0 radical (unpaired) electrons. The monoisotopic (exact) mass is 216 g/mol. The van der Waals surface area contributed by atoms with E-state index in [1.807, 2.05) is 0 Å². The summed E-state index contributed by atoms with van der Waals surface area (Å²) in [6.07, 6.45) is -4.58. The summed E-state index contributed by atoms with van der Waals surface area (Å²) in [7, 11) is 0. The largest absolute Gasteiger partial charge is 0.421 e. The van der Waals surface area contributed by atoms with Crippen molar-refractivity contribution in [1.82, 2.24) is 0 Å². The zero-order valence-electron chi connectivity index (χ0n) is 8.23. The van der Waals surface area contributed by atoms with E-state index in [1.54, 1.807) is 25.1 Å². The summed E-state index contributed by atoms with van der Waals surface area (Å²) >= 11 is 0. The lowest BCUT2D eigenvalue weighted by atomic mass is 9.91. The van der Waals surface area contributed by atoms with Gasteiger partial charge in [-0.3, -0.25) is 0 Å². The van der Waals surface area contributed by atoms with Crippen molar-refractivity contribution in [3.05, 3.63) is 34.9 Å². The normalized spacial score (nSPS) is 25.4. The first-order valence-corrected chi connectivity index (χ1v) is 4.74. The van der Waals surface area contributed by atoms with E-state index >= 15 is 0 Å². The molecule has 2 rings (SSSR count). The van der Waals surface area contributed by atoms with Crippen LogP contribution in [0.5, 0.6) is 0 Å². The van der Waals surface area contributed by atoms with Crippen molar-refractivity contribution < 1.29 is 18.3 Å². The lowest BCUT2D eigenvalue weighted by Gasteiger charge is -2.28. The van der Waals surface area contributed by atoms with E-state index in [1.165, 1.54) is 0 Å². The smallest absolute Gasteiger partial charge is 0.376 e. The van der Waals surface area contributed by atoms with Crippen molar-refractivity contribution in [2.75, 3.05) is 0 Å². The Labute approximate surface area is 85.5 Å². The van der Waals surface area contributed by atoms with Gasteiger partial charge < -0.3 is 5.11 Å². The van der Waals surface area contributed by atoms with E-state index in [9.17, 15) is 18.3 Å². The minimum atomic E-state index is -4.59. The topological polar surface area (TPSA) is 20.2 Å². The minimum absolute atomic E-state index is 0.0532. The predicted octanol–water partition coefficient (Wildman–Crippen LogP) is 2.69. The van der Waals surface area contributed by atoms with Crippen LogP contribution < -0.4 is 0 Å². The second-order valence-electron chi connectivity index (χ2n) is 3.97. The van der Waals surface area contributed by atoms with Gasteiger partial charge in [0.15, 0.2) is 5.60 Å². The van der Waals surface area contributed by atoms with Gasteiger partial charge in [-0.2, -0.15) is 13.2 Å². The number of fused-ring (bicyclic) bond motifs is 1. The van der Waals surface area contributed by atoms with Gasteiger partial charge in [0.1, 0.15) is 0 Å². The Kier molecular flexibility index (Phi) is 2.08. The third-order valence-electron chi connectivity index (χ3n) is 3.00. The average Bonchev–Trinajstić information content (AvgIpc) is 2.45. The molecule has 1 aromatic carbocycles. The number of alkyl halides is 3.